The quantitative estimate of drug-likeness (QED) is 0.204. The van der Waals surface area contributed by atoms with Crippen LogP contribution in [-0.4, -0.2) is 32.1 Å². The Morgan fingerprint density at radius 1 is 0.973 bits per heavy atom. The molecule has 202 valence electrons. The van der Waals surface area contributed by atoms with E-state index in [9.17, 15) is 4.79 Å². The van der Waals surface area contributed by atoms with Gasteiger partial charge in [-0.2, -0.15) is 0 Å². The van der Waals surface area contributed by atoms with Crippen molar-refractivity contribution in [2.75, 3.05) is 0 Å². The van der Waals surface area contributed by atoms with E-state index in [0.717, 1.165) is 37.9 Å². The Labute approximate surface area is 225 Å². The van der Waals surface area contributed by atoms with Crippen LogP contribution in [0.4, 0.5) is 0 Å². The minimum atomic E-state index is -2.65. The highest BCUT2D eigenvalue weighted by molar-refractivity contribution is 6.99. The van der Waals surface area contributed by atoms with Gasteiger partial charge in [-0.1, -0.05) is 94.8 Å². The normalized spacial score (nSPS) is 18.8. The number of hydrogen-bond donors (Lipinski definition) is 0. The number of rotatable bonds is 9. The molecule has 2 aromatic carbocycles. The molecule has 0 aromatic heterocycles. The van der Waals surface area contributed by atoms with Gasteiger partial charge in [0.25, 0.3) is 8.32 Å². The van der Waals surface area contributed by atoms with Crippen molar-refractivity contribution in [1.29, 1.82) is 0 Å². The minimum absolute atomic E-state index is 0.0298. The summed E-state index contributed by atoms with van der Waals surface area (Å²) >= 11 is 0. The molecule has 1 fully saturated rings. The Morgan fingerprint density at radius 2 is 1.51 bits per heavy atom. The van der Waals surface area contributed by atoms with Gasteiger partial charge in [0.2, 0.25) is 0 Å². The van der Waals surface area contributed by atoms with Gasteiger partial charge in [-0.15, -0.1) is 0 Å². The Morgan fingerprint density at radius 3 is 1.97 bits per heavy atom. The summed E-state index contributed by atoms with van der Waals surface area (Å²) in [6, 6.07) is 21.6. The van der Waals surface area contributed by atoms with Gasteiger partial charge >= 0.3 is 5.97 Å². The van der Waals surface area contributed by atoms with Crippen LogP contribution in [-0.2, 0) is 18.7 Å². The molecule has 3 rings (SSSR count). The standard InChI is InChI=1S/C32H46O4Si/c1-9-16-26(23-25-21-22-29(34-25)24(2)30(33)35-31(3,4)5)36-37(32(6,7)8,27-17-12-10-13-18-27)28-19-14-11-15-20-28/h10-15,17-20,25-26H,9,16,21-23H2,1-8H3/b29-24+/t25-,26-/m0/s1. The summed E-state index contributed by atoms with van der Waals surface area (Å²) in [5, 5.41) is 2.52. The topological polar surface area (TPSA) is 44.8 Å². The number of carbonyl (C=O) groups is 1. The van der Waals surface area contributed by atoms with Gasteiger partial charge in [0, 0.05) is 18.9 Å². The second-order valence-electron chi connectivity index (χ2n) is 12.3. The lowest BCUT2D eigenvalue weighted by Gasteiger charge is -2.45. The first-order valence-electron chi connectivity index (χ1n) is 13.8. The lowest BCUT2D eigenvalue weighted by atomic mass is 10.1. The van der Waals surface area contributed by atoms with E-state index in [1.54, 1.807) is 0 Å². The largest absolute Gasteiger partial charge is 0.494 e. The molecule has 5 heteroatoms. The SMILES string of the molecule is CCC[C@@H](C[C@@H]1CC/C(=C(/C)C(=O)OC(C)(C)C)O1)O[Si](c1ccccc1)(c1ccccc1)C(C)(C)C. The molecule has 0 saturated carbocycles. The molecule has 1 heterocycles. The molecule has 0 radical (unpaired) electrons. The molecule has 1 saturated heterocycles. The Balaban J connectivity index is 1.90. The van der Waals surface area contributed by atoms with Crippen molar-refractivity contribution in [2.45, 2.75) is 110 Å². The average molecular weight is 523 g/mol. The number of carbonyl (C=O) groups excluding carboxylic acids is 1. The fraction of sp³-hybridized carbons (Fsp3) is 0.531. The summed E-state index contributed by atoms with van der Waals surface area (Å²) in [5.74, 6) is 0.469. The van der Waals surface area contributed by atoms with Crippen LogP contribution in [0.15, 0.2) is 72.0 Å². The van der Waals surface area contributed by atoms with Crippen LogP contribution in [0.3, 0.4) is 0 Å². The summed E-state index contributed by atoms with van der Waals surface area (Å²) in [6.45, 7) is 16.7. The molecule has 0 spiro atoms. The molecule has 0 N–H and O–H groups in total. The van der Waals surface area contributed by atoms with Gasteiger partial charge in [-0.25, -0.2) is 4.79 Å². The van der Waals surface area contributed by atoms with Crippen molar-refractivity contribution in [3.05, 3.63) is 72.0 Å². The van der Waals surface area contributed by atoms with Crippen molar-refractivity contribution < 1.29 is 18.7 Å². The smallest absolute Gasteiger partial charge is 0.337 e. The van der Waals surface area contributed by atoms with E-state index in [-0.39, 0.29) is 23.2 Å². The Kier molecular flexibility index (Phi) is 9.46. The van der Waals surface area contributed by atoms with Crippen molar-refractivity contribution in [1.82, 2.24) is 0 Å². The zero-order valence-corrected chi connectivity index (χ0v) is 25.1. The molecule has 2 atom stereocenters. The van der Waals surface area contributed by atoms with Crippen molar-refractivity contribution in [2.24, 2.45) is 0 Å². The number of hydrogen-bond acceptors (Lipinski definition) is 4. The zero-order valence-electron chi connectivity index (χ0n) is 24.1. The predicted molar refractivity (Wildman–Crippen MR) is 155 cm³/mol. The maximum Gasteiger partial charge on any atom is 0.337 e. The molecule has 1 aliphatic rings. The van der Waals surface area contributed by atoms with E-state index in [4.69, 9.17) is 13.9 Å². The molecule has 2 aromatic rings. The molecule has 37 heavy (non-hydrogen) atoms. The number of benzene rings is 2. The van der Waals surface area contributed by atoms with Crippen LogP contribution in [0.25, 0.3) is 0 Å². The van der Waals surface area contributed by atoms with Gasteiger partial charge in [-0.05, 0) is 55.9 Å². The van der Waals surface area contributed by atoms with Gasteiger partial charge in [0.05, 0.1) is 5.57 Å². The summed E-state index contributed by atoms with van der Waals surface area (Å²) in [5.41, 5.74) is 0.0598. The van der Waals surface area contributed by atoms with Crippen LogP contribution >= 0.6 is 0 Å². The van der Waals surface area contributed by atoms with E-state index in [2.05, 4.69) is 88.4 Å². The average Bonchev–Trinajstić information content (AvgIpc) is 3.29. The third-order valence-electron chi connectivity index (χ3n) is 7.02. The summed E-state index contributed by atoms with van der Waals surface area (Å²) < 4.78 is 19.4. The highest BCUT2D eigenvalue weighted by Gasteiger charge is 2.51. The van der Waals surface area contributed by atoms with Crippen molar-refractivity contribution >= 4 is 24.7 Å². The Hall–Kier alpha value is -2.37. The van der Waals surface area contributed by atoms with Crippen LogP contribution in [0.5, 0.6) is 0 Å². The number of ether oxygens (including phenoxy) is 2. The van der Waals surface area contributed by atoms with E-state index < -0.39 is 13.9 Å². The highest BCUT2D eigenvalue weighted by atomic mass is 28.4. The second-order valence-corrected chi connectivity index (χ2v) is 16.5. The number of esters is 1. The summed E-state index contributed by atoms with van der Waals surface area (Å²) in [4.78, 5) is 12.6. The lowest BCUT2D eigenvalue weighted by Crippen LogP contribution is -2.67. The van der Waals surface area contributed by atoms with Gasteiger partial charge < -0.3 is 13.9 Å². The minimum Gasteiger partial charge on any atom is -0.494 e. The van der Waals surface area contributed by atoms with Gasteiger partial charge in [0.1, 0.15) is 17.5 Å². The third-order valence-corrected chi connectivity index (χ3v) is 12.1. The maximum atomic E-state index is 12.6. The maximum absolute atomic E-state index is 12.6. The van der Waals surface area contributed by atoms with E-state index in [1.165, 1.54) is 10.4 Å². The van der Waals surface area contributed by atoms with Crippen LogP contribution < -0.4 is 10.4 Å². The van der Waals surface area contributed by atoms with Crippen LogP contribution in [0, 0.1) is 0 Å². The Bertz CT molecular complexity index is 1010. The van der Waals surface area contributed by atoms with Crippen molar-refractivity contribution in [3.8, 4) is 0 Å². The zero-order chi connectivity index (χ0) is 27.3. The first kappa shape index (κ1) is 29.2. The van der Waals surface area contributed by atoms with Gasteiger partial charge in [0.15, 0.2) is 0 Å². The van der Waals surface area contributed by atoms with Gasteiger partial charge in [-0.3, -0.25) is 0 Å². The molecule has 0 bridgehead atoms. The first-order valence-corrected chi connectivity index (χ1v) is 15.7. The number of allylic oxidation sites excluding steroid dienone is 1. The van der Waals surface area contributed by atoms with Crippen molar-refractivity contribution in [3.63, 3.8) is 0 Å². The fourth-order valence-corrected chi connectivity index (χ4v) is 10.0. The van der Waals surface area contributed by atoms with E-state index in [0.29, 0.717) is 5.57 Å². The highest BCUT2D eigenvalue weighted by Crippen LogP contribution is 2.39. The summed E-state index contributed by atoms with van der Waals surface area (Å²) in [7, 11) is -2.65. The molecule has 0 unspecified atom stereocenters. The van der Waals surface area contributed by atoms with E-state index >= 15 is 0 Å². The predicted octanol–water partition coefficient (Wildman–Crippen LogP) is 6.92. The molecule has 1 aliphatic heterocycles. The van der Waals surface area contributed by atoms with Crippen LogP contribution in [0.1, 0.15) is 87.5 Å². The molecule has 4 nitrogen and oxygen atoms in total. The molecular weight excluding hydrogens is 476 g/mol. The lowest BCUT2D eigenvalue weighted by molar-refractivity contribution is -0.150. The fourth-order valence-electron chi connectivity index (χ4n) is 5.30. The molecular formula is C32H46O4Si. The monoisotopic (exact) mass is 522 g/mol. The van der Waals surface area contributed by atoms with E-state index in [1.807, 2.05) is 27.7 Å². The summed E-state index contributed by atoms with van der Waals surface area (Å²) in [6.07, 6.45) is 4.55. The first-order chi connectivity index (χ1) is 17.4. The second kappa shape index (κ2) is 12.0. The third kappa shape index (κ3) is 7.14. The molecule has 0 aliphatic carbocycles. The molecule has 0 amide bonds. The van der Waals surface area contributed by atoms with Crippen LogP contribution in [0.2, 0.25) is 5.04 Å².